The van der Waals surface area contributed by atoms with Crippen LogP contribution in [0.2, 0.25) is 0 Å². The fourth-order valence-electron chi connectivity index (χ4n) is 1.33. The van der Waals surface area contributed by atoms with E-state index in [1.807, 2.05) is 6.07 Å². The molecule has 0 fully saturated rings. The quantitative estimate of drug-likeness (QED) is 0.422. The van der Waals surface area contributed by atoms with Crippen LogP contribution in [-0.2, 0) is 0 Å². The Morgan fingerprint density at radius 1 is 1.08 bits per heavy atom. The summed E-state index contributed by atoms with van der Waals surface area (Å²) in [5.41, 5.74) is 5.47. The Kier molecular flexibility index (Phi) is 1.52. The highest BCUT2D eigenvalue weighted by Gasteiger charge is 2.07. The van der Waals surface area contributed by atoms with Gasteiger partial charge in [-0.15, -0.1) is 0 Å². The first-order valence-corrected chi connectivity index (χ1v) is 3.89. The topological polar surface area (TPSA) is 66.5 Å². The third-order valence-electron chi connectivity index (χ3n) is 2.04. The Bertz CT molecular complexity index is 466. The van der Waals surface area contributed by atoms with Gasteiger partial charge in [0.15, 0.2) is 0 Å². The van der Waals surface area contributed by atoms with Crippen LogP contribution in [0.3, 0.4) is 0 Å². The summed E-state index contributed by atoms with van der Waals surface area (Å²) in [6.07, 6.45) is 0. The van der Waals surface area contributed by atoms with Gasteiger partial charge in [0.05, 0.1) is 0 Å². The van der Waals surface area contributed by atoms with Crippen LogP contribution in [0.5, 0.6) is 11.5 Å². The number of anilines is 1. The van der Waals surface area contributed by atoms with E-state index in [0.29, 0.717) is 5.39 Å². The maximum Gasteiger partial charge on any atom is 0.150 e. The predicted molar refractivity (Wildman–Crippen MR) is 51.7 cm³/mol. The summed E-state index contributed by atoms with van der Waals surface area (Å²) < 4.78 is 0. The number of phenolic OH excluding ortho intramolecular Hbond substituents is 2. The van der Waals surface area contributed by atoms with Crippen molar-refractivity contribution in [1.82, 2.24) is 0 Å². The van der Waals surface area contributed by atoms with E-state index in [2.05, 4.69) is 0 Å². The van der Waals surface area contributed by atoms with E-state index < -0.39 is 0 Å². The number of hydrogen-bond donors (Lipinski definition) is 3. The molecule has 0 amide bonds. The van der Waals surface area contributed by atoms with E-state index in [0.717, 1.165) is 5.39 Å². The Morgan fingerprint density at radius 3 is 2.54 bits per heavy atom. The molecular weight excluding hydrogens is 166 g/mol. The lowest BCUT2D eigenvalue weighted by Gasteiger charge is -2.05. The molecule has 2 aromatic carbocycles. The molecule has 0 heterocycles. The van der Waals surface area contributed by atoms with Gasteiger partial charge in [0, 0.05) is 5.39 Å². The maximum absolute atomic E-state index is 9.55. The second kappa shape index (κ2) is 2.55. The number of benzene rings is 2. The lowest BCUT2D eigenvalue weighted by Crippen LogP contribution is -1.87. The second-order valence-corrected chi connectivity index (χ2v) is 2.88. The fourth-order valence-corrected chi connectivity index (χ4v) is 1.33. The zero-order chi connectivity index (χ0) is 9.42. The number of aromatic hydroxyl groups is 2. The van der Waals surface area contributed by atoms with Crippen molar-refractivity contribution < 1.29 is 10.2 Å². The maximum atomic E-state index is 9.55. The molecule has 0 radical (unpaired) electrons. The minimum Gasteiger partial charge on any atom is -0.506 e. The highest BCUT2D eigenvalue weighted by Crippen LogP contribution is 2.37. The van der Waals surface area contributed by atoms with Crippen LogP contribution in [0.25, 0.3) is 10.8 Å². The van der Waals surface area contributed by atoms with Gasteiger partial charge in [-0.05, 0) is 11.5 Å². The molecule has 0 aliphatic rings. The lowest BCUT2D eigenvalue weighted by molar-refractivity contribution is 0.460. The molecule has 3 nitrogen and oxygen atoms in total. The lowest BCUT2D eigenvalue weighted by atomic mass is 10.1. The summed E-state index contributed by atoms with van der Waals surface area (Å²) in [6.45, 7) is 0. The van der Waals surface area contributed by atoms with Gasteiger partial charge in [-0.25, -0.2) is 0 Å². The van der Waals surface area contributed by atoms with Crippen molar-refractivity contribution in [3.8, 4) is 11.5 Å². The molecule has 0 atom stereocenters. The first-order chi connectivity index (χ1) is 6.20. The monoisotopic (exact) mass is 175 g/mol. The van der Waals surface area contributed by atoms with Gasteiger partial charge in [-0.3, -0.25) is 0 Å². The first kappa shape index (κ1) is 7.73. The van der Waals surface area contributed by atoms with Crippen molar-refractivity contribution in [2.24, 2.45) is 0 Å². The molecule has 13 heavy (non-hydrogen) atoms. The van der Waals surface area contributed by atoms with Crippen LogP contribution in [0.4, 0.5) is 5.69 Å². The SMILES string of the molecule is Nc1c(O)cc2ccccc2c1O. The average Bonchev–Trinajstić information content (AvgIpc) is 2.15. The third kappa shape index (κ3) is 1.05. The normalized spacial score (nSPS) is 10.5. The highest BCUT2D eigenvalue weighted by atomic mass is 16.3. The minimum atomic E-state index is -0.0869. The summed E-state index contributed by atoms with van der Waals surface area (Å²) in [7, 11) is 0. The molecule has 66 valence electrons. The highest BCUT2D eigenvalue weighted by molar-refractivity contribution is 5.95. The third-order valence-corrected chi connectivity index (χ3v) is 2.04. The van der Waals surface area contributed by atoms with E-state index in [1.165, 1.54) is 6.07 Å². The zero-order valence-corrected chi connectivity index (χ0v) is 6.86. The van der Waals surface area contributed by atoms with Crippen molar-refractivity contribution in [1.29, 1.82) is 0 Å². The summed E-state index contributed by atoms with van der Waals surface area (Å²) in [6, 6.07) is 8.72. The molecule has 0 saturated heterocycles. The van der Waals surface area contributed by atoms with Crippen molar-refractivity contribution >= 4 is 16.5 Å². The average molecular weight is 175 g/mol. The molecular formula is C10H9NO2. The largest absolute Gasteiger partial charge is 0.506 e. The van der Waals surface area contributed by atoms with E-state index in [9.17, 15) is 10.2 Å². The predicted octanol–water partition coefficient (Wildman–Crippen LogP) is 1.83. The van der Waals surface area contributed by atoms with Crippen molar-refractivity contribution in [2.45, 2.75) is 0 Å². The molecule has 2 rings (SSSR count). The summed E-state index contributed by atoms with van der Waals surface area (Å²) in [5.74, 6) is -0.146. The van der Waals surface area contributed by atoms with Crippen molar-refractivity contribution in [2.75, 3.05) is 5.73 Å². The number of nitrogens with two attached hydrogens (primary N) is 1. The van der Waals surface area contributed by atoms with Gasteiger partial charge in [0.25, 0.3) is 0 Å². The van der Waals surface area contributed by atoms with Crippen LogP contribution in [0, 0.1) is 0 Å². The van der Waals surface area contributed by atoms with Crippen LogP contribution < -0.4 is 5.73 Å². The van der Waals surface area contributed by atoms with E-state index in [-0.39, 0.29) is 17.2 Å². The second-order valence-electron chi connectivity index (χ2n) is 2.88. The van der Waals surface area contributed by atoms with Crippen LogP contribution >= 0.6 is 0 Å². The zero-order valence-electron chi connectivity index (χ0n) is 6.86. The van der Waals surface area contributed by atoms with Crippen LogP contribution in [0.1, 0.15) is 0 Å². The van der Waals surface area contributed by atoms with E-state index in [4.69, 9.17) is 5.73 Å². The summed E-state index contributed by atoms with van der Waals surface area (Å²) in [4.78, 5) is 0. The van der Waals surface area contributed by atoms with Gasteiger partial charge in [0.1, 0.15) is 17.2 Å². The molecule has 0 bridgehead atoms. The Morgan fingerprint density at radius 2 is 1.77 bits per heavy atom. The van der Waals surface area contributed by atoms with Gasteiger partial charge in [-0.1, -0.05) is 24.3 Å². The van der Waals surface area contributed by atoms with Gasteiger partial charge < -0.3 is 15.9 Å². The molecule has 2 aromatic rings. The molecule has 3 heteroatoms. The molecule has 0 aliphatic carbocycles. The molecule has 0 spiro atoms. The van der Waals surface area contributed by atoms with Crippen LogP contribution in [-0.4, -0.2) is 10.2 Å². The molecule has 0 aromatic heterocycles. The standard InChI is InChI=1S/C10H9NO2/c11-9-8(12)5-6-3-1-2-4-7(6)10(9)13/h1-5,12-13H,11H2. The Labute approximate surface area is 75.0 Å². The van der Waals surface area contributed by atoms with E-state index >= 15 is 0 Å². The molecule has 0 saturated carbocycles. The summed E-state index contributed by atoms with van der Waals surface area (Å²) in [5, 5.41) is 20.3. The van der Waals surface area contributed by atoms with Crippen molar-refractivity contribution in [3.63, 3.8) is 0 Å². The summed E-state index contributed by atoms with van der Waals surface area (Å²) >= 11 is 0. The molecule has 0 aliphatic heterocycles. The van der Waals surface area contributed by atoms with Gasteiger partial charge >= 0.3 is 0 Å². The van der Waals surface area contributed by atoms with E-state index in [1.54, 1.807) is 18.2 Å². The van der Waals surface area contributed by atoms with Crippen LogP contribution in [0.15, 0.2) is 30.3 Å². The Hall–Kier alpha value is -1.90. The number of hydrogen-bond acceptors (Lipinski definition) is 3. The van der Waals surface area contributed by atoms with Gasteiger partial charge in [-0.2, -0.15) is 0 Å². The van der Waals surface area contributed by atoms with Gasteiger partial charge in [0.2, 0.25) is 0 Å². The molecule has 0 unspecified atom stereocenters. The number of rotatable bonds is 0. The minimum absolute atomic E-state index is 0.0266. The smallest absolute Gasteiger partial charge is 0.150 e. The Balaban J connectivity index is 2.94. The van der Waals surface area contributed by atoms with Crippen molar-refractivity contribution in [3.05, 3.63) is 30.3 Å². The number of fused-ring (bicyclic) bond motifs is 1. The number of nitrogen functional groups attached to an aromatic ring is 1. The number of phenols is 2. The molecule has 4 N–H and O–H groups in total. The first-order valence-electron chi connectivity index (χ1n) is 3.89. The fraction of sp³-hybridized carbons (Fsp3) is 0.